The van der Waals surface area contributed by atoms with Crippen molar-refractivity contribution in [1.29, 1.82) is 0 Å². The second kappa shape index (κ2) is 6.69. The minimum atomic E-state index is 0.783. The van der Waals surface area contributed by atoms with E-state index in [1.54, 1.807) is 0 Å². The highest BCUT2D eigenvalue weighted by molar-refractivity contribution is 7.11. The first-order chi connectivity index (χ1) is 10.2. The van der Waals surface area contributed by atoms with Gasteiger partial charge in [0.2, 0.25) is 0 Å². The lowest BCUT2D eigenvalue weighted by Crippen LogP contribution is -2.17. The van der Waals surface area contributed by atoms with Gasteiger partial charge in [-0.05, 0) is 51.1 Å². The van der Waals surface area contributed by atoms with Crippen LogP contribution in [0.2, 0.25) is 0 Å². The average Bonchev–Trinajstić information content (AvgIpc) is 3.17. The molecule has 0 spiro atoms. The van der Waals surface area contributed by atoms with Gasteiger partial charge in [0.25, 0.3) is 0 Å². The van der Waals surface area contributed by atoms with Crippen LogP contribution < -0.4 is 5.32 Å². The molecule has 21 heavy (non-hydrogen) atoms. The Bertz CT molecular complexity index is 589. The van der Waals surface area contributed by atoms with Crippen LogP contribution in [0.5, 0.6) is 0 Å². The van der Waals surface area contributed by atoms with Gasteiger partial charge in [-0.1, -0.05) is 6.07 Å². The average molecular weight is 301 g/mol. The van der Waals surface area contributed by atoms with Crippen molar-refractivity contribution in [1.82, 2.24) is 15.2 Å². The molecule has 0 unspecified atom stereocenters. The van der Waals surface area contributed by atoms with E-state index in [2.05, 4.69) is 46.5 Å². The van der Waals surface area contributed by atoms with Crippen molar-refractivity contribution in [2.45, 2.75) is 45.4 Å². The van der Waals surface area contributed by atoms with Crippen molar-refractivity contribution in [3.05, 3.63) is 51.5 Å². The zero-order valence-electron chi connectivity index (χ0n) is 12.8. The van der Waals surface area contributed by atoms with Crippen molar-refractivity contribution >= 4 is 11.3 Å². The summed E-state index contributed by atoms with van der Waals surface area (Å²) in [6, 6.07) is 11.5. The van der Waals surface area contributed by atoms with Crippen LogP contribution in [0.4, 0.5) is 0 Å². The van der Waals surface area contributed by atoms with Gasteiger partial charge < -0.3 is 5.32 Å². The van der Waals surface area contributed by atoms with Crippen LogP contribution in [0.1, 0.15) is 34.0 Å². The summed E-state index contributed by atoms with van der Waals surface area (Å²) in [4.78, 5) is 9.76. The van der Waals surface area contributed by atoms with Gasteiger partial charge in [0.15, 0.2) is 0 Å². The van der Waals surface area contributed by atoms with Gasteiger partial charge in [0.05, 0.1) is 5.69 Å². The molecule has 1 fully saturated rings. The third-order valence-corrected chi connectivity index (χ3v) is 4.73. The van der Waals surface area contributed by atoms with Crippen molar-refractivity contribution in [2.75, 3.05) is 7.05 Å². The van der Waals surface area contributed by atoms with Gasteiger partial charge >= 0.3 is 0 Å². The van der Waals surface area contributed by atoms with E-state index in [4.69, 9.17) is 0 Å². The topological polar surface area (TPSA) is 28.2 Å². The summed E-state index contributed by atoms with van der Waals surface area (Å²) < 4.78 is 0. The van der Waals surface area contributed by atoms with Crippen molar-refractivity contribution < 1.29 is 0 Å². The van der Waals surface area contributed by atoms with Gasteiger partial charge in [-0.15, -0.1) is 11.3 Å². The Morgan fingerprint density at radius 3 is 2.76 bits per heavy atom. The molecule has 0 radical (unpaired) electrons. The lowest BCUT2D eigenvalue weighted by Gasteiger charge is -2.15. The van der Waals surface area contributed by atoms with Crippen LogP contribution in [0.25, 0.3) is 0 Å². The van der Waals surface area contributed by atoms with E-state index in [1.807, 2.05) is 24.3 Å². The molecule has 0 aromatic carbocycles. The smallest absolute Gasteiger partial charge is 0.0547 e. The maximum atomic E-state index is 4.57. The first-order valence-corrected chi connectivity index (χ1v) is 8.43. The second-order valence-electron chi connectivity index (χ2n) is 5.97. The van der Waals surface area contributed by atoms with Gasteiger partial charge in [-0.3, -0.25) is 9.88 Å². The van der Waals surface area contributed by atoms with Crippen LogP contribution in [0.3, 0.4) is 0 Å². The SMILES string of the molecule is Cc1cccc(CN(C)Cc2ccc(CNC3CC3)s2)n1. The summed E-state index contributed by atoms with van der Waals surface area (Å²) in [5, 5.41) is 3.57. The monoisotopic (exact) mass is 301 g/mol. The van der Waals surface area contributed by atoms with E-state index >= 15 is 0 Å². The number of hydrogen-bond acceptors (Lipinski definition) is 4. The van der Waals surface area contributed by atoms with E-state index in [0.717, 1.165) is 37.1 Å². The van der Waals surface area contributed by atoms with Crippen LogP contribution >= 0.6 is 11.3 Å². The minimum Gasteiger partial charge on any atom is -0.309 e. The number of hydrogen-bond donors (Lipinski definition) is 1. The number of aryl methyl sites for hydroxylation is 1. The largest absolute Gasteiger partial charge is 0.309 e. The molecule has 0 amide bonds. The van der Waals surface area contributed by atoms with E-state index in [0.29, 0.717) is 0 Å². The van der Waals surface area contributed by atoms with Crippen molar-refractivity contribution in [3.8, 4) is 0 Å². The molecule has 0 atom stereocenters. The Labute approximate surface area is 131 Å². The van der Waals surface area contributed by atoms with Crippen LogP contribution in [-0.4, -0.2) is 23.0 Å². The van der Waals surface area contributed by atoms with Gasteiger partial charge in [0, 0.05) is 41.1 Å². The summed E-state index contributed by atoms with van der Waals surface area (Å²) in [7, 11) is 2.16. The highest BCUT2D eigenvalue weighted by Gasteiger charge is 2.20. The van der Waals surface area contributed by atoms with Crippen molar-refractivity contribution in [3.63, 3.8) is 0 Å². The predicted molar refractivity (Wildman–Crippen MR) is 88.3 cm³/mol. The molecule has 1 saturated carbocycles. The molecule has 0 aliphatic heterocycles. The summed E-state index contributed by atoms with van der Waals surface area (Å²) in [6.07, 6.45) is 2.70. The zero-order valence-corrected chi connectivity index (χ0v) is 13.6. The third kappa shape index (κ3) is 4.63. The van der Waals surface area contributed by atoms with Crippen LogP contribution in [-0.2, 0) is 19.6 Å². The summed E-state index contributed by atoms with van der Waals surface area (Å²) in [5.41, 5.74) is 2.23. The lowest BCUT2D eigenvalue weighted by molar-refractivity contribution is 0.318. The number of pyridine rings is 1. The van der Waals surface area contributed by atoms with Gasteiger partial charge in [-0.25, -0.2) is 0 Å². The molecular formula is C17H23N3S. The molecule has 4 heteroatoms. The Hall–Kier alpha value is -1.23. The minimum absolute atomic E-state index is 0.783. The van der Waals surface area contributed by atoms with E-state index in [-0.39, 0.29) is 0 Å². The first-order valence-electron chi connectivity index (χ1n) is 7.61. The molecular weight excluding hydrogens is 278 g/mol. The fourth-order valence-electron chi connectivity index (χ4n) is 2.42. The fourth-order valence-corrected chi connectivity index (χ4v) is 3.47. The molecule has 112 valence electrons. The van der Waals surface area contributed by atoms with E-state index < -0.39 is 0 Å². The number of aromatic nitrogens is 1. The van der Waals surface area contributed by atoms with Gasteiger partial charge in [0.1, 0.15) is 0 Å². The summed E-state index contributed by atoms with van der Waals surface area (Å²) >= 11 is 1.92. The number of nitrogens with zero attached hydrogens (tertiary/aromatic N) is 2. The zero-order chi connectivity index (χ0) is 14.7. The highest BCUT2D eigenvalue weighted by Crippen LogP contribution is 2.22. The number of thiophene rings is 1. The molecule has 0 saturated heterocycles. The Morgan fingerprint density at radius 1 is 1.19 bits per heavy atom. The molecule has 3 rings (SSSR count). The Kier molecular flexibility index (Phi) is 4.68. The predicted octanol–water partition coefficient (Wildman–Crippen LogP) is 3.34. The highest BCUT2D eigenvalue weighted by atomic mass is 32.1. The molecule has 1 aliphatic carbocycles. The third-order valence-electron chi connectivity index (χ3n) is 3.66. The Morgan fingerprint density at radius 2 is 2.00 bits per heavy atom. The van der Waals surface area contributed by atoms with E-state index in [9.17, 15) is 0 Å². The molecule has 2 aromatic heterocycles. The molecule has 1 aliphatic rings. The number of nitrogens with one attached hydrogen (secondary N) is 1. The van der Waals surface area contributed by atoms with E-state index in [1.165, 1.54) is 22.6 Å². The molecule has 2 heterocycles. The molecule has 1 N–H and O–H groups in total. The van der Waals surface area contributed by atoms with Crippen molar-refractivity contribution in [2.24, 2.45) is 0 Å². The molecule has 3 nitrogen and oxygen atoms in total. The maximum Gasteiger partial charge on any atom is 0.0547 e. The Balaban J connectivity index is 1.50. The van der Waals surface area contributed by atoms with Crippen LogP contribution in [0.15, 0.2) is 30.3 Å². The van der Waals surface area contributed by atoms with Gasteiger partial charge in [-0.2, -0.15) is 0 Å². The lowest BCUT2D eigenvalue weighted by atomic mass is 10.3. The summed E-state index contributed by atoms with van der Waals surface area (Å²) in [6.45, 7) is 4.96. The fraction of sp³-hybridized carbons (Fsp3) is 0.471. The quantitative estimate of drug-likeness (QED) is 0.850. The van der Waals surface area contributed by atoms with Crippen LogP contribution in [0, 0.1) is 6.92 Å². The maximum absolute atomic E-state index is 4.57. The standard InChI is InChI=1S/C17H23N3S/c1-13-4-3-5-15(19-13)11-20(2)12-17-9-8-16(21-17)10-18-14-6-7-14/h3-5,8-9,14,18H,6-7,10-12H2,1-2H3. The second-order valence-corrected chi connectivity index (χ2v) is 7.22. The molecule has 2 aromatic rings. The first kappa shape index (κ1) is 14.7. The summed E-state index contributed by atoms with van der Waals surface area (Å²) in [5.74, 6) is 0. The number of rotatable bonds is 7. The normalized spacial score (nSPS) is 14.8. The molecule has 0 bridgehead atoms.